The number of sulfone groups is 1. The third-order valence-electron chi connectivity index (χ3n) is 3.09. The summed E-state index contributed by atoms with van der Waals surface area (Å²) in [6.07, 6.45) is 1.69. The molecule has 2 rings (SSSR count). The van der Waals surface area contributed by atoms with Crippen LogP contribution in [-0.2, 0) is 14.6 Å². The highest BCUT2D eigenvalue weighted by atomic mass is 32.2. The summed E-state index contributed by atoms with van der Waals surface area (Å²) in [7, 11) is -3.22. The van der Waals surface area contributed by atoms with Gasteiger partial charge in [0.05, 0.1) is 16.8 Å². The molecule has 0 radical (unpaired) electrons. The Morgan fingerprint density at radius 3 is 2.71 bits per heavy atom. The van der Waals surface area contributed by atoms with Crippen LogP contribution in [0.2, 0.25) is 0 Å². The molecule has 1 fully saturated rings. The lowest BCUT2D eigenvalue weighted by Gasteiger charge is -2.12. The molecule has 0 aromatic heterocycles. The maximum absolute atomic E-state index is 12.2. The van der Waals surface area contributed by atoms with Crippen LogP contribution in [0.5, 0.6) is 0 Å². The predicted octanol–water partition coefficient (Wildman–Crippen LogP) is 2.26. The van der Waals surface area contributed by atoms with E-state index in [1.165, 1.54) is 0 Å². The monoisotopic (exact) mass is 254 g/mol. The molecule has 1 unspecified atom stereocenters. The molecule has 0 amide bonds. The van der Waals surface area contributed by atoms with Gasteiger partial charge in [-0.1, -0.05) is 17.7 Å². The van der Waals surface area contributed by atoms with E-state index in [1.807, 2.05) is 26.0 Å². The van der Waals surface area contributed by atoms with E-state index < -0.39 is 9.84 Å². The van der Waals surface area contributed by atoms with Gasteiger partial charge in [0.25, 0.3) is 0 Å². The second-order valence-corrected chi connectivity index (χ2v) is 6.69. The van der Waals surface area contributed by atoms with E-state index in [1.54, 1.807) is 6.07 Å². The Hall–Kier alpha value is -0.870. The fraction of sp³-hybridized carbons (Fsp3) is 0.538. The van der Waals surface area contributed by atoms with E-state index in [0.29, 0.717) is 11.5 Å². The summed E-state index contributed by atoms with van der Waals surface area (Å²) in [6.45, 7) is 4.49. The molecule has 3 nitrogen and oxygen atoms in total. The van der Waals surface area contributed by atoms with Crippen molar-refractivity contribution in [3.05, 3.63) is 29.3 Å². The van der Waals surface area contributed by atoms with Crippen molar-refractivity contribution >= 4 is 9.84 Å². The van der Waals surface area contributed by atoms with E-state index in [2.05, 4.69) is 0 Å². The van der Waals surface area contributed by atoms with Crippen LogP contribution in [0, 0.1) is 13.8 Å². The second-order valence-electron chi connectivity index (χ2n) is 4.69. The first-order valence-electron chi connectivity index (χ1n) is 5.91. The third kappa shape index (κ3) is 2.87. The molecule has 1 aromatic carbocycles. The predicted molar refractivity (Wildman–Crippen MR) is 66.9 cm³/mol. The lowest BCUT2D eigenvalue weighted by atomic mass is 10.2. The first-order valence-corrected chi connectivity index (χ1v) is 7.56. The van der Waals surface area contributed by atoms with Crippen LogP contribution in [0.1, 0.15) is 24.0 Å². The largest absolute Gasteiger partial charge is 0.377 e. The van der Waals surface area contributed by atoms with Crippen molar-refractivity contribution in [2.24, 2.45) is 0 Å². The van der Waals surface area contributed by atoms with Gasteiger partial charge in [-0.25, -0.2) is 8.42 Å². The Kier molecular flexibility index (Phi) is 3.54. The van der Waals surface area contributed by atoms with Gasteiger partial charge < -0.3 is 4.74 Å². The average molecular weight is 254 g/mol. The highest BCUT2D eigenvalue weighted by Gasteiger charge is 2.25. The Bertz CT molecular complexity index is 499. The number of ether oxygens (including phenoxy) is 1. The van der Waals surface area contributed by atoms with Crippen molar-refractivity contribution < 1.29 is 13.2 Å². The van der Waals surface area contributed by atoms with E-state index in [4.69, 9.17) is 4.74 Å². The molecule has 0 N–H and O–H groups in total. The van der Waals surface area contributed by atoms with Gasteiger partial charge in [-0.2, -0.15) is 0 Å². The number of hydrogen-bond acceptors (Lipinski definition) is 3. The SMILES string of the molecule is Cc1ccc(S(=O)(=O)CC2CCCO2)c(C)c1. The zero-order chi connectivity index (χ0) is 12.5. The number of aryl methyl sites for hydroxylation is 2. The lowest BCUT2D eigenvalue weighted by molar-refractivity contribution is 0.127. The molecule has 17 heavy (non-hydrogen) atoms. The van der Waals surface area contributed by atoms with Gasteiger partial charge in [0, 0.05) is 6.61 Å². The summed E-state index contributed by atoms with van der Waals surface area (Å²) in [5, 5.41) is 0. The van der Waals surface area contributed by atoms with Crippen LogP contribution in [0.3, 0.4) is 0 Å². The molecular weight excluding hydrogens is 236 g/mol. The van der Waals surface area contributed by atoms with Gasteiger partial charge in [-0.15, -0.1) is 0 Å². The molecule has 1 heterocycles. The van der Waals surface area contributed by atoms with Gasteiger partial charge in [-0.3, -0.25) is 0 Å². The van der Waals surface area contributed by atoms with Crippen LogP contribution in [-0.4, -0.2) is 26.9 Å². The summed E-state index contributed by atoms with van der Waals surface area (Å²) < 4.78 is 29.9. The summed E-state index contributed by atoms with van der Waals surface area (Å²) in [4.78, 5) is 0.443. The Morgan fingerprint density at radius 2 is 2.12 bits per heavy atom. The van der Waals surface area contributed by atoms with Crippen molar-refractivity contribution in [1.82, 2.24) is 0 Å². The number of rotatable bonds is 3. The fourth-order valence-corrected chi connectivity index (χ4v) is 4.02. The van der Waals surface area contributed by atoms with Crippen molar-refractivity contribution in [3.8, 4) is 0 Å². The first kappa shape index (κ1) is 12.6. The summed E-state index contributed by atoms with van der Waals surface area (Å²) in [5.74, 6) is 0.108. The zero-order valence-electron chi connectivity index (χ0n) is 10.3. The number of hydrogen-bond donors (Lipinski definition) is 0. The van der Waals surface area contributed by atoms with Crippen molar-refractivity contribution in [2.45, 2.75) is 37.7 Å². The molecule has 1 aliphatic heterocycles. The minimum atomic E-state index is -3.22. The Morgan fingerprint density at radius 1 is 1.35 bits per heavy atom. The third-order valence-corrected chi connectivity index (χ3v) is 5.03. The molecule has 1 saturated heterocycles. The van der Waals surface area contributed by atoms with Gasteiger partial charge >= 0.3 is 0 Å². The first-order chi connectivity index (χ1) is 7.99. The Labute approximate surface area is 103 Å². The van der Waals surface area contributed by atoms with E-state index in [9.17, 15) is 8.42 Å². The van der Waals surface area contributed by atoms with Crippen molar-refractivity contribution in [3.63, 3.8) is 0 Å². The lowest BCUT2D eigenvalue weighted by Crippen LogP contribution is -2.20. The minimum Gasteiger partial charge on any atom is -0.377 e. The molecule has 1 aliphatic rings. The molecule has 4 heteroatoms. The summed E-state index contributed by atoms with van der Waals surface area (Å²) in [5.41, 5.74) is 1.90. The zero-order valence-corrected chi connectivity index (χ0v) is 11.1. The molecule has 1 aromatic rings. The maximum atomic E-state index is 12.2. The summed E-state index contributed by atoms with van der Waals surface area (Å²) in [6, 6.07) is 5.45. The normalized spacial score (nSPS) is 20.7. The molecule has 0 saturated carbocycles. The van der Waals surface area contributed by atoms with Crippen molar-refractivity contribution in [2.75, 3.05) is 12.4 Å². The molecule has 0 aliphatic carbocycles. The van der Waals surface area contributed by atoms with Gasteiger partial charge in [0.15, 0.2) is 9.84 Å². The molecule has 0 bridgehead atoms. The minimum absolute atomic E-state index is 0.108. The molecule has 0 spiro atoms. The highest BCUT2D eigenvalue weighted by Crippen LogP contribution is 2.22. The fourth-order valence-electron chi connectivity index (χ4n) is 2.26. The van der Waals surface area contributed by atoms with Crippen LogP contribution in [0.15, 0.2) is 23.1 Å². The molecular formula is C13H18O3S. The average Bonchev–Trinajstić information content (AvgIpc) is 2.68. The summed E-state index contributed by atoms with van der Waals surface area (Å²) >= 11 is 0. The standard InChI is InChI=1S/C13H18O3S/c1-10-5-6-13(11(2)8-10)17(14,15)9-12-4-3-7-16-12/h5-6,8,12H,3-4,7,9H2,1-2H3. The maximum Gasteiger partial charge on any atom is 0.181 e. The van der Waals surface area contributed by atoms with Crippen molar-refractivity contribution in [1.29, 1.82) is 0 Å². The van der Waals surface area contributed by atoms with Crippen LogP contribution < -0.4 is 0 Å². The topological polar surface area (TPSA) is 43.4 Å². The van der Waals surface area contributed by atoms with E-state index in [-0.39, 0.29) is 11.9 Å². The Balaban J connectivity index is 2.24. The van der Waals surface area contributed by atoms with Gasteiger partial charge in [0.2, 0.25) is 0 Å². The van der Waals surface area contributed by atoms with E-state index in [0.717, 1.165) is 24.0 Å². The highest BCUT2D eigenvalue weighted by molar-refractivity contribution is 7.91. The number of benzene rings is 1. The van der Waals surface area contributed by atoms with Gasteiger partial charge in [0.1, 0.15) is 0 Å². The van der Waals surface area contributed by atoms with Crippen LogP contribution in [0.25, 0.3) is 0 Å². The smallest absolute Gasteiger partial charge is 0.181 e. The quantitative estimate of drug-likeness (QED) is 0.831. The molecule has 1 atom stereocenters. The van der Waals surface area contributed by atoms with Crippen LogP contribution >= 0.6 is 0 Å². The van der Waals surface area contributed by atoms with E-state index >= 15 is 0 Å². The molecule has 94 valence electrons. The van der Waals surface area contributed by atoms with Gasteiger partial charge in [-0.05, 0) is 38.3 Å². The van der Waals surface area contributed by atoms with Crippen LogP contribution in [0.4, 0.5) is 0 Å². The second kappa shape index (κ2) is 4.78.